The maximum Gasteiger partial charge on any atom is 0.416 e. The van der Waals surface area contributed by atoms with E-state index >= 15 is 0 Å². The second kappa shape index (κ2) is 9.02. The standard InChI is InChI=1S/C20H21F3N4O3/c1-2-30-19(29)27-11-9-26(10-12-27)18(28)16-7-4-8-24-17(16)25-15-6-3-5-14(13-15)20(21,22)23/h3-8,13H,2,9-12H2,1H3,(H,24,25). The smallest absolute Gasteiger partial charge is 0.416 e. The molecule has 0 unspecified atom stereocenters. The van der Waals surface area contributed by atoms with Gasteiger partial charge in [0, 0.05) is 38.1 Å². The highest BCUT2D eigenvalue weighted by Gasteiger charge is 2.31. The van der Waals surface area contributed by atoms with Crippen molar-refractivity contribution in [2.24, 2.45) is 0 Å². The fourth-order valence-corrected chi connectivity index (χ4v) is 3.06. The Kier molecular flexibility index (Phi) is 6.43. The molecule has 0 aliphatic carbocycles. The first-order chi connectivity index (χ1) is 14.3. The summed E-state index contributed by atoms with van der Waals surface area (Å²) >= 11 is 0. The summed E-state index contributed by atoms with van der Waals surface area (Å²) in [5.74, 6) is -0.157. The molecular formula is C20H21F3N4O3. The lowest BCUT2D eigenvalue weighted by atomic mass is 10.1. The minimum Gasteiger partial charge on any atom is -0.450 e. The van der Waals surface area contributed by atoms with E-state index in [2.05, 4.69) is 10.3 Å². The minimum absolute atomic E-state index is 0.162. The molecule has 2 amide bonds. The number of hydrogen-bond acceptors (Lipinski definition) is 5. The lowest BCUT2D eigenvalue weighted by Crippen LogP contribution is -2.50. The van der Waals surface area contributed by atoms with Gasteiger partial charge in [-0.05, 0) is 37.3 Å². The van der Waals surface area contributed by atoms with E-state index in [4.69, 9.17) is 4.74 Å². The van der Waals surface area contributed by atoms with E-state index in [1.807, 2.05) is 0 Å². The van der Waals surface area contributed by atoms with Gasteiger partial charge in [0.15, 0.2) is 0 Å². The van der Waals surface area contributed by atoms with Gasteiger partial charge in [0.2, 0.25) is 0 Å². The fraction of sp³-hybridized carbons (Fsp3) is 0.350. The lowest BCUT2D eigenvalue weighted by molar-refractivity contribution is -0.137. The van der Waals surface area contributed by atoms with Crippen LogP contribution < -0.4 is 5.32 Å². The zero-order chi connectivity index (χ0) is 21.7. The first-order valence-corrected chi connectivity index (χ1v) is 9.40. The van der Waals surface area contributed by atoms with Gasteiger partial charge in [0.1, 0.15) is 5.82 Å². The normalized spacial score (nSPS) is 14.4. The molecule has 3 rings (SSSR count). The number of hydrogen-bond donors (Lipinski definition) is 1. The lowest BCUT2D eigenvalue weighted by Gasteiger charge is -2.34. The van der Waals surface area contributed by atoms with Gasteiger partial charge in [0.25, 0.3) is 5.91 Å². The van der Waals surface area contributed by atoms with Gasteiger partial charge in [-0.25, -0.2) is 9.78 Å². The summed E-state index contributed by atoms with van der Waals surface area (Å²) in [5.41, 5.74) is -0.393. The Hall–Kier alpha value is -3.30. The van der Waals surface area contributed by atoms with Crippen molar-refractivity contribution in [2.45, 2.75) is 13.1 Å². The van der Waals surface area contributed by atoms with Crippen LogP contribution in [0.15, 0.2) is 42.6 Å². The van der Waals surface area contributed by atoms with Crippen molar-refractivity contribution in [1.29, 1.82) is 0 Å². The SMILES string of the molecule is CCOC(=O)N1CCN(C(=O)c2cccnc2Nc2cccc(C(F)(F)F)c2)CC1. The molecule has 1 saturated heterocycles. The molecule has 1 aromatic heterocycles. The summed E-state index contributed by atoms with van der Waals surface area (Å²) in [5, 5.41) is 2.81. The minimum atomic E-state index is -4.47. The summed E-state index contributed by atoms with van der Waals surface area (Å²) in [4.78, 5) is 32.0. The van der Waals surface area contributed by atoms with Gasteiger partial charge in [-0.2, -0.15) is 13.2 Å². The molecule has 1 fully saturated rings. The van der Waals surface area contributed by atoms with E-state index in [0.29, 0.717) is 26.2 Å². The fourth-order valence-electron chi connectivity index (χ4n) is 3.06. The summed E-state index contributed by atoms with van der Waals surface area (Å²) in [6.45, 7) is 3.30. The Morgan fingerprint density at radius 2 is 1.80 bits per heavy atom. The van der Waals surface area contributed by atoms with Crippen molar-refractivity contribution < 1.29 is 27.5 Å². The maximum absolute atomic E-state index is 13.0. The van der Waals surface area contributed by atoms with Crippen LogP contribution in [0.5, 0.6) is 0 Å². The Morgan fingerprint density at radius 1 is 1.10 bits per heavy atom. The van der Waals surface area contributed by atoms with Crippen LogP contribution in [0, 0.1) is 0 Å². The number of amides is 2. The highest BCUT2D eigenvalue weighted by molar-refractivity contribution is 5.99. The Morgan fingerprint density at radius 3 is 2.47 bits per heavy atom. The second-order valence-corrected chi connectivity index (χ2v) is 6.58. The highest BCUT2D eigenvalue weighted by atomic mass is 19.4. The highest BCUT2D eigenvalue weighted by Crippen LogP contribution is 2.31. The van der Waals surface area contributed by atoms with Gasteiger partial charge < -0.3 is 19.9 Å². The summed E-state index contributed by atoms with van der Waals surface area (Å²) in [7, 11) is 0. The van der Waals surface area contributed by atoms with Crippen LogP contribution in [0.3, 0.4) is 0 Å². The molecule has 30 heavy (non-hydrogen) atoms. The number of nitrogens with one attached hydrogen (secondary N) is 1. The molecule has 1 aliphatic rings. The molecule has 10 heteroatoms. The predicted molar refractivity (Wildman–Crippen MR) is 103 cm³/mol. The van der Waals surface area contributed by atoms with Crippen LogP contribution in [-0.2, 0) is 10.9 Å². The zero-order valence-corrected chi connectivity index (χ0v) is 16.3. The largest absolute Gasteiger partial charge is 0.450 e. The molecule has 160 valence electrons. The van der Waals surface area contributed by atoms with Crippen LogP contribution in [0.25, 0.3) is 0 Å². The molecule has 0 spiro atoms. The van der Waals surface area contributed by atoms with Crippen LogP contribution >= 0.6 is 0 Å². The molecule has 0 bridgehead atoms. The van der Waals surface area contributed by atoms with Crippen molar-refractivity contribution in [3.63, 3.8) is 0 Å². The number of halogens is 3. The van der Waals surface area contributed by atoms with Crippen LogP contribution in [-0.4, -0.2) is 59.6 Å². The third-order valence-electron chi connectivity index (χ3n) is 4.58. The number of alkyl halides is 3. The first kappa shape index (κ1) is 21.4. The van der Waals surface area contributed by atoms with E-state index < -0.39 is 17.8 Å². The average molecular weight is 422 g/mol. The van der Waals surface area contributed by atoms with Gasteiger partial charge >= 0.3 is 12.3 Å². The molecule has 0 saturated carbocycles. The van der Waals surface area contributed by atoms with E-state index in [1.165, 1.54) is 23.2 Å². The molecular weight excluding hydrogens is 401 g/mol. The number of carbonyl (C=O) groups is 2. The van der Waals surface area contributed by atoms with E-state index in [9.17, 15) is 22.8 Å². The third kappa shape index (κ3) is 5.00. The van der Waals surface area contributed by atoms with Gasteiger partial charge in [-0.3, -0.25) is 4.79 Å². The molecule has 2 heterocycles. The molecule has 1 aromatic carbocycles. The van der Waals surface area contributed by atoms with Gasteiger partial charge in [0.05, 0.1) is 17.7 Å². The summed E-state index contributed by atoms with van der Waals surface area (Å²) in [6, 6.07) is 7.82. The van der Waals surface area contributed by atoms with E-state index in [-0.39, 0.29) is 29.6 Å². The number of rotatable bonds is 4. The molecule has 1 aliphatic heterocycles. The molecule has 1 N–H and O–H groups in total. The third-order valence-corrected chi connectivity index (χ3v) is 4.58. The monoisotopic (exact) mass is 422 g/mol. The average Bonchev–Trinajstić information content (AvgIpc) is 2.73. The van der Waals surface area contributed by atoms with E-state index in [0.717, 1.165) is 12.1 Å². The van der Waals surface area contributed by atoms with E-state index in [1.54, 1.807) is 24.0 Å². The Labute approximate surface area is 171 Å². The van der Waals surface area contributed by atoms with Crippen LogP contribution in [0.1, 0.15) is 22.8 Å². The van der Waals surface area contributed by atoms with Crippen molar-refractivity contribution in [1.82, 2.24) is 14.8 Å². The number of ether oxygens (including phenoxy) is 1. The number of nitrogens with zero attached hydrogens (tertiary/aromatic N) is 3. The number of anilines is 2. The Balaban J connectivity index is 1.73. The van der Waals surface area contributed by atoms with Crippen molar-refractivity contribution in [3.8, 4) is 0 Å². The van der Waals surface area contributed by atoms with Gasteiger partial charge in [-0.15, -0.1) is 0 Å². The van der Waals surface area contributed by atoms with Gasteiger partial charge in [-0.1, -0.05) is 6.07 Å². The first-order valence-electron chi connectivity index (χ1n) is 9.40. The molecule has 2 aromatic rings. The molecule has 0 radical (unpaired) electrons. The van der Waals surface area contributed by atoms with Crippen LogP contribution in [0.2, 0.25) is 0 Å². The summed E-state index contributed by atoms with van der Waals surface area (Å²) < 4.78 is 43.8. The number of piperazine rings is 1. The second-order valence-electron chi connectivity index (χ2n) is 6.58. The number of aromatic nitrogens is 1. The zero-order valence-electron chi connectivity index (χ0n) is 16.3. The maximum atomic E-state index is 13.0. The number of pyridine rings is 1. The quantitative estimate of drug-likeness (QED) is 0.812. The van der Waals surface area contributed by atoms with Crippen molar-refractivity contribution in [2.75, 3.05) is 38.1 Å². The Bertz CT molecular complexity index is 912. The van der Waals surface area contributed by atoms with Crippen LogP contribution in [0.4, 0.5) is 29.5 Å². The summed E-state index contributed by atoms with van der Waals surface area (Å²) in [6.07, 6.45) is -3.44. The number of benzene rings is 1. The molecule has 0 atom stereocenters. The topological polar surface area (TPSA) is 74.8 Å². The van der Waals surface area contributed by atoms with Crippen molar-refractivity contribution in [3.05, 3.63) is 53.7 Å². The number of carbonyl (C=O) groups excluding carboxylic acids is 2. The predicted octanol–water partition coefficient (Wildman–Crippen LogP) is 3.76. The molecule has 7 nitrogen and oxygen atoms in total. The van der Waals surface area contributed by atoms with Crippen molar-refractivity contribution >= 4 is 23.5 Å².